The Balaban J connectivity index is 2.05. The number of nitrogens with one attached hydrogen (secondary N) is 1. The van der Waals surface area contributed by atoms with Crippen LogP contribution in [0.3, 0.4) is 0 Å². The molecule has 5 nitrogen and oxygen atoms in total. The SMILES string of the molecule is C=C/C(=C\N(N)c1ccccc1)c1c(C)[nH]n(-c2ccccc2)c1=O. The Morgan fingerprint density at radius 3 is 2.32 bits per heavy atom. The van der Waals surface area contributed by atoms with Crippen LogP contribution in [-0.4, -0.2) is 9.78 Å². The average Bonchev–Trinajstić information content (AvgIpc) is 2.95. The van der Waals surface area contributed by atoms with Crippen molar-refractivity contribution in [2.24, 2.45) is 5.84 Å². The van der Waals surface area contributed by atoms with E-state index in [-0.39, 0.29) is 5.56 Å². The molecular weight excluding hydrogens is 312 g/mol. The lowest BCUT2D eigenvalue weighted by Gasteiger charge is -2.15. The third kappa shape index (κ3) is 3.32. The third-order valence-corrected chi connectivity index (χ3v) is 3.93. The van der Waals surface area contributed by atoms with Crippen molar-refractivity contribution in [1.29, 1.82) is 0 Å². The van der Waals surface area contributed by atoms with Gasteiger partial charge in [-0.15, -0.1) is 0 Å². The van der Waals surface area contributed by atoms with Crippen LogP contribution in [0.25, 0.3) is 11.3 Å². The van der Waals surface area contributed by atoms with Crippen molar-refractivity contribution >= 4 is 11.3 Å². The van der Waals surface area contributed by atoms with E-state index in [0.717, 1.165) is 17.1 Å². The highest BCUT2D eigenvalue weighted by Crippen LogP contribution is 2.19. The molecular formula is C20H20N4O. The lowest BCUT2D eigenvalue weighted by molar-refractivity contribution is 0.835. The van der Waals surface area contributed by atoms with Gasteiger partial charge in [0.15, 0.2) is 0 Å². The molecule has 126 valence electrons. The first-order chi connectivity index (χ1) is 12.1. The van der Waals surface area contributed by atoms with E-state index in [0.29, 0.717) is 11.1 Å². The lowest BCUT2D eigenvalue weighted by Crippen LogP contribution is -2.25. The van der Waals surface area contributed by atoms with Crippen molar-refractivity contribution in [2.45, 2.75) is 6.92 Å². The molecule has 0 bridgehead atoms. The predicted octanol–water partition coefficient (Wildman–Crippen LogP) is 3.38. The molecule has 0 fully saturated rings. The van der Waals surface area contributed by atoms with Crippen LogP contribution in [-0.2, 0) is 0 Å². The number of H-pyrrole nitrogens is 1. The molecule has 0 saturated carbocycles. The summed E-state index contributed by atoms with van der Waals surface area (Å²) in [4.78, 5) is 12.9. The van der Waals surface area contributed by atoms with Crippen LogP contribution in [0.1, 0.15) is 11.3 Å². The lowest BCUT2D eigenvalue weighted by atomic mass is 10.1. The standard InChI is InChI=1S/C20H20N4O/c1-3-16(14-23(21)17-10-6-4-7-11-17)19-15(2)22-24(20(19)25)18-12-8-5-9-13-18/h3-14,22H,1,21H2,2H3/b16-14+. The van der Waals surface area contributed by atoms with Gasteiger partial charge in [0.2, 0.25) is 0 Å². The molecule has 0 unspecified atom stereocenters. The molecule has 0 spiro atoms. The van der Waals surface area contributed by atoms with Crippen LogP contribution >= 0.6 is 0 Å². The van der Waals surface area contributed by atoms with Crippen LogP contribution < -0.4 is 16.4 Å². The van der Waals surface area contributed by atoms with E-state index in [1.165, 1.54) is 9.69 Å². The highest BCUT2D eigenvalue weighted by Gasteiger charge is 2.15. The van der Waals surface area contributed by atoms with Crippen molar-refractivity contribution in [3.63, 3.8) is 0 Å². The molecule has 3 rings (SSSR count). The summed E-state index contributed by atoms with van der Waals surface area (Å²) in [6.45, 7) is 5.69. The molecule has 0 saturated heterocycles. The monoisotopic (exact) mass is 332 g/mol. The van der Waals surface area contributed by atoms with E-state index in [1.807, 2.05) is 67.6 Å². The number of nitrogens with zero attached hydrogens (tertiary/aromatic N) is 2. The Hall–Kier alpha value is -3.31. The van der Waals surface area contributed by atoms with Crippen molar-refractivity contribution in [1.82, 2.24) is 9.78 Å². The third-order valence-electron chi connectivity index (χ3n) is 3.93. The number of rotatable bonds is 5. The second-order valence-electron chi connectivity index (χ2n) is 5.62. The molecule has 0 aliphatic rings. The summed E-state index contributed by atoms with van der Waals surface area (Å²) in [5.41, 5.74) is 3.40. The zero-order valence-corrected chi connectivity index (χ0v) is 14.0. The van der Waals surface area contributed by atoms with Crippen LogP contribution in [0, 0.1) is 6.92 Å². The maximum atomic E-state index is 12.9. The summed E-state index contributed by atoms with van der Waals surface area (Å²) in [6.07, 6.45) is 3.34. The summed E-state index contributed by atoms with van der Waals surface area (Å²) >= 11 is 0. The van der Waals surface area contributed by atoms with Gasteiger partial charge in [-0.25, -0.2) is 10.5 Å². The quantitative estimate of drug-likeness (QED) is 0.427. The number of aromatic amines is 1. The van der Waals surface area contributed by atoms with Crippen LogP contribution in [0.15, 0.2) is 84.3 Å². The Labute approximate surface area is 146 Å². The van der Waals surface area contributed by atoms with Gasteiger partial charge in [0, 0.05) is 17.5 Å². The molecule has 2 aromatic carbocycles. The summed E-state index contributed by atoms with van der Waals surface area (Å²) in [5.74, 6) is 6.12. The number of nitrogens with two attached hydrogens (primary N) is 1. The summed E-state index contributed by atoms with van der Waals surface area (Å²) in [5, 5.41) is 4.60. The number of allylic oxidation sites excluding steroid dienone is 2. The van der Waals surface area contributed by atoms with Gasteiger partial charge in [-0.2, -0.15) is 0 Å². The zero-order chi connectivity index (χ0) is 17.8. The number of aryl methyl sites for hydroxylation is 1. The fourth-order valence-corrected chi connectivity index (χ4v) is 2.69. The number of hydrazine groups is 1. The minimum atomic E-state index is -0.142. The molecule has 3 aromatic rings. The second kappa shape index (κ2) is 7.07. The van der Waals surface area contributed by atoms with E-state index in [9.17, 15) is 4.79 Å². The maximum absolute atomic E-state index is 12.9. The van der Waals surface area contributed by atoms with Crippen LogP contribution in [0.5, 0.6) is 0 Å². The summed E-state index contributed by atoms with van der Waals surface area (Å²) in [7, 11) is 0. The largest absolute Gasteiger partial charge is 0.295 e. The number of hydrogen-bond acceptors (Lipinski definition) is 3. The smallest absolute Gasteiger partial charge is 0.279 e. The molecule has 0 aliphatic carbocycles. The van der Waals surface area contributed by atoms with Crippen molar-refractivity contribution in [3.05, 3.63) is 101 Å². The molecule has 25 heavy (non-hydrogen) atoms. The van der Waals surface area contributed by atoms with Gasteiger partial charge in [-0.05, 0) is 31.2 Å². The average molecular weight is 332 g/mol. The Bertz CT molecular complexity index is 952. The molecule has 1 heterocycles. The molecule has 0 amide bonds. The van der Waals surface area contributed by atoms with E-state index in [4.69, 9.17) is 5.84 Å². The number of aromatic nitrogens is 2. The Morgan fingerprint density at radius 2 is 1.72 bits per heavy atom. The predicted molar refractivity (Wildman–Crippen MR) is 102 cm³/mol. The van der Waals surface area contributed by atoms with Crippen molar-refractivity contribution in [2.75, 3.05) is 5.01 Å². The normalized spacial score (nSPS) is 11.4. The fraction of sp³-hybridized carbons (Fsp3) is 0.0500. The number of para-hydroxylation sites is 2. The highest BCUT2D eigenvalue weighted by atomic mass is 16.1. The maximum Gasteiger partial charge on any atom is 0.279 e. The van der Waals surface area contributed by atoms with Gasteiger partial charge in [0.1, 0.15) is 0 Å². The van der Waals surface area contributed by atoms with Gasteiger partial charge in [0.05, 0.1) is 16.9 Å². The number of benzene rings is 2. The van der Waals surface area contributed by atoms with Crippen molar-refractivity contribution in [3.8, 4) is 5.69 Å². The minimum Gasteiger partial charge on any atom is -0.295 e. The van der Waals surface area contributed by atoms with Crippen LogP contribution in [0.4, 0.5) is 5.69 Å². The summed E-state index contributed by atoms with van der Waals surface area (Å²) < 4.78 is 1.52. The number of anilines is 1. The van der Waals surface area contributed by atoms with Gasteiger partial charge in [-0.3, -0.25) is 14.9 Å². The molecule has 1 aromatic heterocycles. The van der Waals surface area contributed by atoms with Gasteiger partial charge in [0.25, 0.3) is 5.56 Å². The first-order valence-corrected chi connectivity index (χ1v) is 7.92. The zero-order valence-electron chi connectivity index (χ0n) is 14.0. The number of hydrogen-bond donors (Lipinski definition) is 2. The first kappa shape index (κ1) is 16.5. The minimum absolute atomic E-state index is 0.142. The van der Waals surface area contributed by atoms with E-state index in [1.54, 1.807) is 12.3 Å². The highest BCUT2D eigenvalue weighted by molar-refractivity contribution is 5.76. The van der Waals surface area contributed by atoms with Gasteiger partial charge < -0.3 is 0 Å². The molecule has 3 N–H and O–H groups in total. The summed E-state index contributed by atoms with van der Waals surface area (Å²) in [6, 6.07) is 18.9. The topological polar surface area (TPSA) is 67.0 Å². The van der Waals surface area contributed by atoms with Gasteiger partial charge in [-0.1, -0.05) is 49.1 Å². The van der Waals surface area contributed by atoms with Crippen LogP contribution in [0.2, 0.25) is 0 Å². The molecule has 0 atom stereocenters. The van der Waals surface area contributed by atoms with E-state index >= 15 is 0 Å². The fourth-order valence-electron chi connectivity index (χ4n) is 2.69. The molecule has 5 heteroatoms. The van der Waals surface area contributed by atoms with E-state index in [2.05, 4.69) is 11.7 Å². The first-order valence-electron chi connectivity index (χ1n) is 7.92. The second-order valence-corrected chi connectivity index (χ2v) is 5.62. The molecule has 0 aliphatic heterocycles. The van der Waals surface area contributed by atoms with Crippen molar-refractivity contribution < 1.29 is 0 Å². The van der Waals surface area contributed by atoms with Gasteiger partial charge >= 0.3 is 0 Å². The Kier molecular flexibility index (Phi) is 4.68. The van der Waals surface area contributed by atoms with E-state index < -0.39 is 0 Å². The Morgan fingerprint density at radius 1 is 1.12 bits per heavy atom. The molecule has 0 radical (unpaired) electrons.